The van der Waals surface area contributed by atoms with Crippen LogP contribution in [0.3, 0.4) is 0 Å². The Labute approximate surface area is 243 Å². The van der Waals surface area contributed by atoms with Crippen molar-refractivity contribution in [1.29, 1.82) is 0 Å². The molecule has 0 aliphatic carbocycles. The molecule has 3 aromatic heterocycles. The van der Waals surface area contributed by atoms with E-state index in [1.807, 2.05) is 104 Å². The van der Waals surface area contributed by atoms with Gasteiger partial charge in [-0.2, -0.15) is 0 Å². The minimum Gasteiger partial charge on any atom is -0.484 e. The quantitative estimate of drug-likeness (QED) is 0.233. The number of nitrogens with one attached hydrogen (secondary N) is 2. The van der Waals surface area contributed by atoms with Gasteiger partial charge in [-0.05, 0) is 91.4 Å². The van der Waals surface area contributed by atoms with Crippen molar-refractivity contribution < 1.29 is 9.53 Å². The lowest BCUT2D eigenvalue weighted by Crippen LogP contribution is -2.30. The topological polar surface area (TPSA) is 84.3 Å². The summed E-state index contributed by atoms with van der Waals surface area (Å²) in [7, 11) is 0. The van der Waals surface area contributed by atoms with Crippen molar-refractivity contribution in [2.45, 2.75) is 19.0 Å². The first-order valence-electron chi connectivity index (χ1n) is 13.3. The highest BCUT2D eigenvalue weighted by Crippen LogP contribution is 2.42. The van der Waals surface area contributed by atoms with Crippen LogP contribution in [0.4, 0.5) is 11.4 Å². The number of para-hydroxylation sites is 1. The summed E-state index contributed by atoms with van der Waals surface area (Å²) >= 11 is 5.89. The number of nitrogens with zero attached hydrogens (tertiary/aromatic N) is 4. The maximum absolute atomic E-state index is 12.5. The summed E-state index contributed by atoms with van der Waals surface area (Å²) in [5.74, 6) is 1.23. The largest absolute Gasteiger partial charge is 0.484 e. The van der Waals surface area contributed by atoms with E-state index in [-0.39, 0.29) is 24.6 Å². The summed E-state index contributed by atoms with van der Waals surface area (Å²) < 4.78 is 7.65. The van der Waals surface area contributed by atoms with E-state index in [1.54, 1.807) is 6.20 Å². The van der Waals surface area contributed by atoms with Crippen molar-refractivity contribution in [2.75, 3.05) is 16.8 Å². The molecule has 0 spiro atoms. The van der Waals surface area contributed by atoms with Gasteiger partial charge in [0.1, 0.15) is 17.6 Å². The van der Waals surface area contributed by atoms with Crippen molar-refractivity contribution >= 4 is 34.6 Å². The number of aryl methyl sites for hydroxylation is 1. The molecule has 0 saturated carbocycles. The van der Waals surface area contributed by atoms with Gasteiger partial charge >= 0.3 is 0 Å². The van der Waals surface area contributed by atoms with E-state index in [0.29, 0.717) is 16.5 Å². The van der Waals surface area contributed by atoms with Crippen LogP contribution < -0.4 is 20.3 Å². The Bertz CT molecular complexity index is 1640. The molecule has 1 aliphatic rings. The van der Waals surface area contributed by atoms with Crippen molar-refractivity contribution in [3.05, 3.63) is 133 Å². The molecule has 2 N–H and O–H groups in total. The first kappa shape index (κ1) is 26.2. The molecule has 9 heteroatoms. The zero-order valence-corrected chi connectivity index (χ0v) is 23.2. The number of ether oxygens (including phenoxy) is 1. The fourth-order valence-electron chi connectivity index (χ4n) is 4.95. The average Bonchev–Trinajstić information content (AvgIpc) is 3.62. The fourth-order valence-corrected chi connectivity index (χ4v) is 5.29. The first-order chi connectivity index (χ1) is 20.1. The van der Waals surface area contributed by atoms with Crippen molar-refractivity contribution in [3.63, 3.8) is 0 Å². The van der Waals surface area contributed by atoms with Crippen LogP contribution in [0.2, 0.25) is 0 Å². The van der Waals surface area contributed by atoms with Gasteiger partial charge in [-0.3, -0.25) is 9.78 Å². The standard InChI is InChI=1S/C32H28N6O2S/c1-22-12-17-28(34-20-22)37-19-7-11-27(37)31-30(26-10-5-6-18-33-26)36-32(41)38(31)24-15-13-23(14-16-24)35-29(39)21-40-25-8-3-2-4-9-25/h2-20,30-31H,21H2,1H3,(H,35,39)(H,36,41)/t30-,31-/m1/s1. The number of amides is 1. The third kappa shape index (κ3) is 5.66. The molecule has 5 aromatic rings. The van der Waals surface area contributed by atoms with Gasteiger partial charge in [0.05, 0.1) is 11.7 Å². The molecular weight excluding hydrogens is 532 g/mol. The van der Waals surface area contributed by atoms with Crippen LogP contribution in [0.25, 0.3) is 5.82 Å². The minimum absolute atomic E-state index is 0.0796. The summed E-state index contributed by atoms with van der Waals surface area (Å²) in [4.78, 5) is 23.9. The summed E-state index contributed by atoms with van der Waals surface area (Å²) in [6.07, 6.45) is 5.67. The molecule has 0 radical (unpaired) electrons. The van der Waals surface area contributed by atoms with Crippen LogP contribution >= 0.6 is 12.2 Å². The Morgan fingerprint density at radius 2 is 1.76 bits per heavy atom. The van der Waals surface area contributed by atoms with Gasteiger partial charge in [0, 0.05) is 35.7 Å². The second kappa shape index (κ2) is 11.6. The molecule has 204 valence electrons. The number of carbonyl (C=O) groups excluding carboxylic acids is 1. The maximum Gasteiger partial charge on any atom is 0.262 e. The number of rotatable bonds is 8. The predicted octanol–water partition coefficient (Wildman–Crippen LogP) is 5.77. The predicted molar refractivity (Wildman–Crippen MR) is 163 cm³/mol. The van der Waals surface area contributed by atoms with Crippen LogP contribution in [-0.4, -0.2) is 32.2 Å². The van der Waals surface area contributed by atoms with Gasteiger partial charge < -0.3 is 24.8 Å². The highest BCUT2D eigenvalue weighted by atomic mass is 32.1. The van der Waals surface area contributed by atoms with Gasteiger partial charge in [0.15, 0.2) is 11.7 Å². The Morgan fingerprint density at radius 1 is 0.951 bits per heavy atom. The molecule has 0 unspecified atom stereocenters. The Kier molecular flexibility index (Phi) is 7.42. The second-order valence-electron chi connectivity index (χ2n) is 9.69. The van der Waals surface area contributed by atoms with Crippen LogP contribution in [0, 0.1) is 6.92 Å². The zero-order valence-electron chi connectivity index (χ0n) is 22.3. The molecule has 1 amide bonds. The number of aromatic nitrogens is 3. The minimum atomic E-state index is -0.239. The van der Waals surface area contributed by atoms with E-state index < -0.39 is 0 Å². The van der Waals surface area contributed by atoms with Gasteiger partial charge in [-0.1, -0.05) is 30.3 Å². The number of anilines is 2. The van der Waals surface area contributed by atoms with Crippen LogP contribution in [0.5, 0.6) is 5.75 Å². The number of carbonyl (C=O) groups is 1. The van der Waals surface area contributed by atoms with E-state index >= 15 is 0 Å². The maximum atomic E-state index is 12.5. The van der Waals surface area contributed by atoms with Gasteiger partial charge in [-0.25, -0.2) is 4.98 Å². The molecule has 2 aromatic carbocycles. The molecule has 1 saturated heterocycles. The number of benzene rings is 2. The second-order valence-corrected chi connectivity index (χ2v) is 10.1. The molecule has 6 rings (SSSR count). The molecule has 8 nitrogen and oxygen atoms in total. The Morgan fingerprint density at radius 3 is 2.49 bits per heavy atom. The lowest BCUT2D eigenvalue weighted by molar-refractivity contribution is -0.118. The van der Waals surface area contributed by atoms with Crippen LogP contribution in [0.1, 0.15) is 29.0 Å². The van der Waals surface area contributed by atoms with Gasteiger partial charge in [0.25, 0.3) is 5.91 Å². The summed E-state index contributed by atoms with van der Waals surface area (Å²) in [5, 5.41) is 6.98. The SMILES string of the molecule is Cc1ccc(-n2cccc2[C@@H]2[C@@H](c3ccccn3)NC(=S)N2c2ccc(NC(=O)COc3ccccc3)cc2)nc1. The summed E-state index contributed by atoms with van der Waals surface area (Å²) in [6, 6.07) is 30.5. The lowest BCUT2D eigenvalue weighted by Gasteiger charge is -2.29. The lowest BCUT2D eigenvalue weighted by atomic mass is 10.0. The molecule has 4 heterocycles. The molecule has 2 atom stereocenters. The first-order valence-corrected chi connectivity index (χ1v) is 13.7. The van der Waals surface area contributed by atoms with E-state index in [1.165, 1.54) is 0 Å². The molecule has 1 fully saturated rings. The highest BCUT2D eigenvalue weighted by Gasteiger charge is 2.42. The zero-order chi connectivity index (χ0) is 28.2. The number of hydrogen-bond donors (Lipinski definition) is 2. The molecular formula is C32H28N6O2S. The van der Waals surface area contributed by atoms with E-state index in [4.69, 9.17) is 17.0 Å². The van der Waals surface area contributed by atoms with E-state index in [0.717, 1.165) is 28.5 Å². The molecule has 1 aliphatic heterocycles. The van der Waals surface area contributed by atoms with E-state index in [9.17, 15) is 4.79 Å². The monoisotopic (exact) mass is 560 g/mol. The number of hydrogen-bond acceptors (Lipinski definition) is 5. The van der Waals surface area contributed by atoms with Crippen LogP contribution in [0.15, 0.2) is 116 Å². The number of pyridine rings is 2. The third-order valence-corrected chi connectivity index (χ3v) is 7.18. The average molecular weight is 561 g/mol. The van der Waals surface area contributed by atoms with Gasteiger partial charge in [0.2, 0.25) is 0 Å². The van der Waals surface area contributed by atoms with E-state index in [2.05, 4.69) is 42.2 Å². The highest BCUT2D eigenvalue weighted by molar-refractivity contribution is 7.80. The fraction of sp³-hybridized carbons (Fsp3) is 0.125. The Hall–Kier alpha value is -5.02. The third-order valence-electron chi connectivity index (χ3n) is 6.87. The van der Waals surface area contributed by atoms with Gasteiger partial charge in [-0.15, -0.1) is 0 Å². The van der Waals surface area contributed by atoms with Crippen molar-refractivity contribution in [1.82, 2.24) is 19.9 Å². The molecule has 0 bridgehead atoms. The summed E-state index contributed by atoms with van der Waals surface area (Å²) in [6.45, 7) is 1.94. The van der Waals surface area contributed by atoms with Crippen molar-refractivity contribution in [2.24, 2.45) is 0 Å². The Balaban J connectivity index is 1.28. The molecule has 41 heavy (non-hydrogen) atoms. The smallest absolute Gasteiger partial charge is 0.262 e. The normalized spacial score (nSPS) is 16.3. The summed E-state index contributed by atoms with van der Waals surface area (Å²) in [5.41, 5.74) is 4.54. The van der Waals surface area contributed by atoms with Crippen LogP contribution in [-0.2, 0) is 4.79 Å². The van der Waals surface area contributed by atoms with Crippen molar-refractivity contribution in [3.8, 4) is 11.6 Å². The number of thiocarbonyl (C=S) groups is 1.